The number of nitrogens with one attached hydrogen (secondary N) is 1. The van der Waals surface area contributed by atoms with Gasteiger partial charge >= 0.3 is 0 Å². The molecule has 3 rings (SSSR count). The van der Waals surface area contributed by atoms with E-state index in [1.54, 1.807) is 7.11 Å². The number of anilines is 1. The Hall–Kier alpha value is -1.01. The fraction of sp³-hybridized carbons (Fsp3) is 0.632. The van der Waals surface area contributed by atoms with Crippen LogP contribution in [0.4, 0.5) is 5.69 Å². The molecule has 0 aliphatic carbocycles. The summed E-state index contributed by atoms with van der Waals surface area (Å²) in [5.74, 6) is 0.287. The number of hydrogen-bond donors (Lipinski definition) is 1. The van der Waals surface area contributed by atoms with Gasteiger partial charge in [0.25, 0.3) is 0 Å². The molecule has 1 N–H and O–H groups in total. The van der Waals surface area contributed by atoms with Gasteiger partial charge in [0.2, 0.25) is 5.91 Å². The topological polar surface area (TPSA) is 44.8 Å². The van der Waals surface area contributed by atoms with Crippen LogP contribution in [0.1, 0.15) is 18.4 Å². The smallest absolute Gasteiger partial charge is 0.231 e. The molecule has 0 radical (unpaired) electrons. The first-order valence-electron chi connectivity index (χ1n) is 8.95. The summed E-state index contributed by atoms with van der Waals surface area (Å²) in [5, 5.41) is 3.36. The lowest BCUT2D eigenvalue weighted by molar-refractivity contribution is -0.147. The van der Waals surface area contributed by atoms with Gasteiger partial charge in [-0.2, -0.15) is 0 Å². The first-order chi connectivity index (χ1) is 11.6. The lowest BCUT2D eigenvalue weighted by atomic mass is 9.78. The third-order valence-electron chi connectivity index (χ3n) is 5.37. The average Bonchev–Trinajstić information content (AvgIpc) is 2.62. The summed E-state index contributed by atoms with van der Waals surface area (Å²) in [7, 11) is 1.70. The second-order valence-corrected chi connectivity index (χ2v) is 7.08. The number of hydrogen-bond acceptors (Lipinski definition) is 4. The Morgan fingerprint density at radius 3 is 2.38 bits per heavy atom. The molecule has 0 aromatic heterocycles. The third kappa shape index (κ3) is 5.03. The van der Waals surface area contributed by atoms with Crippen LogP contribution >= 0.6 is 24.8 Å². The van der Waals surface area contributed by atoms with Crippen LogP contribution < -0.4 is 10.2 Å². The summed E-state index contributed by atoms with van der Waals surface area (Å²) in [5.41, 5.74) is 2.21. The minimum atomic E-state index is -0.328. The molecule has 1 aromatic rings. The highest BCUT2D eigenvalue weighted by Crippen LogP contribution is 2.32. The zero-order valence-corrected chi connectivity index (χ0v) is 17.3. The molecule has 0 spiro atoms. The maximum absolute atomic E-state index is 13.2. The minimum absolute atomic E-state index is 0. The average molecular weight is 404 g/mol. The van der Waals surface area contributed by atoms with Gasteiger partial charge in [-0.3, -0.25) is 4.79 Å². The third-order valence-corrected chi connectivity index (χ3v) is 5.37. The number of rotatable bonds is 4. The van der Waals surface area contributed by atoms with Crippen LogP contribution in [0.2, 0.25) is 0 Å². The number of carbonyl (C=O) groups is 1. The Morgan fingerprint density at radius 1 is 1.15 bits per heavy atom. The lowest BCUT2D eigenvalue weighted by Gasteiger charge is -2.43. The van der Waals surface area contributed by atoms with Crippen LogP contribution in [0.3, 0.4) is 0 Å². The largest absolute Gasteiger partial charge is 0.384 e. The van der Waals surface area contributed by atoms with Gasteiger partial charge in [-0.05, 0) is 50.6 Å². The summed E-state index contributed by atoms with van der Waals surface area (Å²) in [4.78, 5) is 17.6. The van der Waals surface area contributed by atoms with Gasteiger partial charge < -0.3 is 19.9 Å². The highest BCUT2D eigenvalue weighted by Gasteiger charge is 2.42. The molecule has 0 bridgehead atoms. The number of piperazine rings is 1. The fourth-order valence-electron chi connectivity index (χ4n) is 3.93. The van der Waals surface area contributed by atoms with E-state index >= 15 is 0 Å². The first kappa shape index (κ1) is 23.0. The van der Waals surface area contributed by atoms with Crippen LogP contribution in [0, 0.1) is 12.3 Å². The van der Waals surface area contributed by atoms with Gasteiger partial charge in [-0.15, -0.1) is 24.8 Å². The van der Waals surface area contributed by atoms with Crippen LogP contribution in [-0.2, 0) is 9.53 Å². The number of nitrogens with zero attached hydrogens (tertiary/aromatic N) is 2. The van der Waals surface area contributed by atoms with Crippen molar-refractivity contribution in [2.75, 3.05) is 57.9 Å². The second-order valence-electron chi connectivity index (χ2n) is 7.08. The van der Waals surface area contributed by atoms with Gasteiger partial charge in [0.15, 0.2) is 0 Å². The number of halogens is 2. The summed E-state index contributed by atoms with van der Waals surface area (Å²) < 4.78 is 5.41. The minimum Gasteiger partial charge on any atom is -0.384 e. The molecule has 5 nitrogen and oxygen atoms in total. The second kappa shape index (κ2) is 10.4. The molecule has 26 heavy (non-hydrogen) atoms. The summed E-state index contributed by atoms with van der Waals surface area (Å²) in [6.07, 6.45) is 1.75. The Labute approximate surface area is 169 Å². The number of aryl methyl sites for hydroxylation is 1. The number of piperidine rings is 1. The normalized spacial score (nSPS) is 19.3. The van der Waals surface area contributed by atoms with E-state index in [1.165, 1.54) is 11.3 Å². The fourth-order valence-corrected chi connectivity index (χ4v) is 3.93. The molecule has 2 saturated heterocycles. The molecule has 1 amide bonds. The highest BCUT2D eigenvalue weighted by molar-refractivity contribution is 5.85. The van der Waals surface area contributed by atoms with E-state index in [0.29, 0.717) is 6.61 Å². The zero-order chi connectivity index (χ0) is 17.0. The number of ether oxygens (including phenoxy) is 1. The van der Waals surface area contributed by atoms with E-state index in [0.717, 1.165) is 52.1 Å². The van der Waals surface area contributed by atoms with E-state index in [2.05, 4.69) is 46.3 Å². The van der Waals surface area contributed by atoms with Crippen LogP contribution in [0.25, 0.3) is 0 Å². The predicted molar refractivity (Wildman–Crippen MR) is 111 cm³/mol. The molecular weight excluding hydrogens is 373 g/mol. The van der Waals surface area contributed by atoms with Crippen LogP contribution in [0.5, 0.6) is 0 Å². The molecule has 2 fully saturated rings. The number of amides is 1. The quantitative estimate of drug-likeness (QED) is 0.838. The SMILES string of the molecule is COCC1(C(=O)N2CCN(c3cccc(C)c3)CC2)CCNCC1.Cl.Cl. The molecule has 148 valence electrons. The Bertz CT molecular complexity index is 566. The van der Waals surface area contributed by atoms with Crippen molar-refractivity contribution in [1.82, 2.24) is 10.2 Å². The van der Waals surface area contributed by atoms with Crippen molar-refractivity contribution in [3.63, 3.8) is 0 Å². The number of methoxy groups -OCH3 is 1. The Kier molecular flexibility index (Phi) is 9.17. The predicted octanol–water partition coefficient (Wildman–Crippen LogP) is 2.50. The summed E-state index contributed by atoms with van der Waals surface area (Å²) in [6.45, 7) is 7.85. The van der Waals surface area contributed by atoms with Gasteiger partial charge in [0, 0.05) is 39.0 Å². The molecule has 7 heteroatoms. The van der Waals surface area contributed by atoms with Crippen molar-refractivity contribution in [2.45, 2.75) is 19.8 Å². The van der Waals surface area contributed by atoms with Gasteiger partial charge in [-0.1, -0.05) is 12.1 Å². The molecule has 0 atom stereocenters. The lowest BCUT2D eigenvalue weighted by Crippen LogP contribution is -2.56. The molecule has 0 saturated carbocycles. The molecule has 1 aromatic carbocycles. The monoisotopic (exact) mass is 403 g/mol. The van der Waals surface area contributed by atoms with Gasteiger partial charge in [0.05, 0.1) is 12.0 Å². The maximum Gasteiger partial charge on any atom is 0.231 e. The molecular formula is C19H31Cl2N3O2. The van der Waals surface area contributed by atoms with Crippen molar-refractivity contribution in [2.24, 2.45) is 5.41 Å². The number of carbonyl (C=O) groups excluding carboxylic acids is 1. The van der Waals surface area contributed by atoms with Crippen molar-refractivity contribution in [1.29, 1.82) is 0 Å². The van der Waals surface area contributed by atoms with E-state index < -0.39 is 0 Å². The van der Waals surface area contributed by atoms with E-state index in [-0.39, 0.29) is 36.1 Å². The van der Waals surface area contributed by atoms with Crippen LogP contribution in [0.15, 0.2) is 24.3 Å². The Morgan fingerprint density at radius 2 is 1.81 bits per heavy atom. The van der Waals surface area contributed by atoms with Crippen molar-refractivity contribution in [3.05, 3.63) is 29.8 Å². The van der Waals surface area contributed by atoms with Crippen molar-refractivity contribution < 1.29 is 9.53 Å². The standard InChI is InChI=1S/C19H29N3O2.2ClH/c1-16-4-3-5-17(14-16)21-10-12-22(13-11-21)18(23)19(15-24-2)6-8-20-9-7-19;;/h3-5,14,20H,6-13,15H2,1-2H3;2*1H. The van der Waals surface area contributed by atoms with Gasteiger partial charge in [0.1, 0.15) is 0 Å². The molecule has 2 aliphatic heterocycles. The molecule has 2 aliphatic rings. The number of benzene rings is 1. The Balaban J connectivity index is 0.00000169. The van der Waals surface area contributed by atoms with E-state index in [1.807, 2.05) is 0 Å². The highest BCUT2D eigenvalue weighted by atomic mass is 35.5. The first-order valence-corrected chi connectivity index (χ1v) is 8.95. The van der Waals surface area contributed by atoms with E-state index in [4.69, 9.17) is 4.74 Å². The van der Waals surface area contributed by atoms with Crippen molar-refractivity contribution >= 4 is 36.4 Å². The molecule has 2 heterocycles. The zero-order valence-electron chi connectivity index (χ0n) is 15.7. The maximum atomic E-state index is 13.2. The summed E-state index contributed by atoms with van der Waals surface area (Å²) in [6, 6.07) is 8.60. The van der Waals surface area contributed by atoms with Gasteiger partial charge in [-0.25, -0.2) is 0 Å². The molecule has 0 unspecified atom stereocenters. The summed E-state index contributed by atoms with van der Waals surface area (Å²) >= 11 is 0. The van der Waals surface area contributed by atoms with E-state index in [9.17, 15) is 4.79 Å². The van der Waals surface area contributed by atoms with Crippen LogP contribution in [-0.4, -0.2) is 63.8 Å². The van der Waals surface area contributed by atoms with Crippen molar-refractivity contribution in [3.8, 4) is 0 Å².